The molecule has 2 aromatic rings. The van der Waals surface area contributed by atoms with Gasteiger partial charge in [0.05, 0.1) is 5.38 Å². The van der Waals surface area contributed by atoms with Crippen molar-refractivity contribution in [2.75, 3.05) is 0 Å². The van der Waals surface area contributed by atoms with E-state index in [2.05, 4.69) is 57.2 Å². The van der Waals surface area contributed by atoms with E-state index in [0.29, 0.717) is 5.92 Å². The highest BCUT2D eigenvalue weighted by atomic mass is 35.5. The van der Waals surface area contributed by atoms with E-state index < -0.39 is 0 Å². The highest BCUT2D eigenvalue weighted by Gasteiger charge is 2.15. The number of benzene rings is 2. The van der Waals surface area contributed by atoms with E-state index in [9.17, 15) is 0 Å². The first-order valence-electron chi connectivity index (χ1n) is 6.22. The lowest BCUT2D eigenvalue weighted by atomic mass is 9.93. The van der Waals surface area contributed by atoms with E-state index in [1.54, 1.807) is 0 Å². The van der Waals surface area contributed by atoms with Gasteiger partial charge < -0.3 is 0 Å². The van der Waals surface area contributed by atoms with Crippen LogP contribution in [0.25, 0.3) is 10.8 Å². The minimum Gasteiger partial charge on any atom is -0.118 e. The fourth-order valence-electron chi connectivity index (χ4n) is 2.35. The van der Waals surface area contributed by atoms with Crippen molar-refractivity contribution in [1.82, 2.24) is 0 Å². The predicted octanol–water partition coefficient (Wildman–Crippen LogP) is 5.47. The number of fused-ring (bicyclic) bond motifs is 1. The van der Waals surface area contributed by atoms with Crippen LogP contribution >= 0.6 is 11.6 Å². The monoisotopic (exact) mass is 246 g/mol. The Morgan fingerprint density at radius 3 is 2.47 bits per heavy atom. The molecule has 90 valence electrons. The maximum Gasteiger partial charge on any atom is 0.0596 e. The van der Waals surface area contributed by atoms with Crippen molar-refractivity contribution in [3.63, 3.8) is 0 Å². The zero-order valence-corrected chi connectivity index (χ0v) is 11.5. The minimum atomic E-state index is 0.112. The summed E-state index contributed by atoms with van der Waals surface area (Å²) in [6.45, 7) is 6.59. The van der Waals surface area contributed by atoms with Crippen molar-refractivity contribution >= 4 is 22.4 Å². The lowest BCUT2D eigenvalue weighted by Gasteiger charge is -2.17. The van der Waals surface area contributed by atoms with Crippen LogP contribution < -0.4 is 0 Å². The molecule has 0 heterocycles. The maximum atomic E-state index is 6.59. The third kappa shape index (κ3) is 2.63. The Morgan fingerprint density at radius 1 is 1.06 bits per heavy atom. The van der Waals surface area contributed by atoms with E-state index in [-0.39, 0.29) is 5.38 Å². The predicted molar refractivity (Wildman–Crippen MR) is 76.7 cm³/mol. The number of rotatable bonds is 3. The fourth-order valence-corrected chi connectivity index (χ4v) is 3.00. The summed E-state index contributed by atoms with van der Waals surface area (Å²) >= 11 is 6.59. The molecule has 0 aromatic heterocycles. The molecule has 0 nitrogen and oxygen atoms in total. The van der Waals surface area contributed by atoms with Crippen LogP contribution in [0.4, 0.5) is 0 Å². The first-order chi connectivity index (χ1) is 8.09. The van der Waals surface area contributed by atoms with Crippen molar-refractivity contribution < 1.29 is 0 Å². The summed E-state index contributed by atoms with van der Waals surface area (Å²) < 4.78 is 0. The molecule has 0 bridgehead atoms. The lowest BCUT2D eigenvalue weighted by molar-refractivity contribution is 0.575. The molecule has 0 saturated carbocycles. The summed E-state index contributed by atoms with van der Waals surface area (Å²) in [6, 6.07) is 12.8. The van der Waals surface area contributed by atoms with E-state index in [1.165, 1.54) is 21.9 Å². The third-order valence-corrected chi connectivity index (χ3v) is 3.58. The largest absolute Gasteiger partial charge is 0.118 e. The fraction of sp³-hybridized carbons (Fsp3) is 0.375. The van der Waals surface area contributed by atoms with Crippen LogP contribution in [0.3, 0.4) is 0 Å². The zero-order chi connectivity index (χ0) is 12.4. The van der Waals surface area contributed by atoms with Crippen LogP contribution in [-0.2, 0) is 0 Å². The number of aryl methyl sites for hydroxylation is 1. The molecule has 0 aliphatic carbocycles. The van der Waals surface area contributed by atoms with Gasteiger partial charge in [-0.15, -0.1) is 11.6 Å². The Kier molecular flexibility index (Phi) is 3.73. The van der Waals surface area contributed by atoms with Gasteiger partial charge in [-0.3, -0.25) is 0 Å². The zero-order valence-electron chi connectivity index (χ0n) is 10.7. The molecule has 0 amide bonds. The highest BCUT2D eigenvalue weighted by Crippen LogP contribution is 2.35. The van der Waals surface area contributed by atoms with Gasteiger partial charge in [0.1, 0.15) is 0 Å². The molecule has 0 fully saturated rings. The van der Waals surface area contributed by atoms with Gasteiger partial charge in [0, 0.05) is 0 Å². The molecule has 2 aromatic carbocycles. The molecule has 2 rings (SSSR count). The summed E-state index contributed by atoms with van der Waals surface area (Å²) in [5.74, 6) is 0.621. The quantitative estimate of drug-likeness (QED) is 0.630. The van der Waals surface area contributed by atoms with Gasteiger partial charge in [-0.25, -0.2) is 0 Å². The second-order valence-electron chi connectivity index (χ2n) is 5.11. The van der Waals surface area contributed by atoms with E-state index in [4.69, 9.17) is 11.6 Å². The highest BCUT2D eigenvalue weighted by molar-refractivity contribution is 6.22. The molecule has 0 N–H and O–H groups in total. The number of hydrogen-bond acceptors (Lipinski definition) is 0. The second-order valence-corrected chi connectivity index (χ2v) is 5.64. The number of halogens is 1. The normalized spacial score (nSPS) is 13.2. The van der Waals surface area contributed by atoms with Gasteiger partial charge in [0.2, 0.25) is 0 Å². The molecule has 1 heteroatoms. The van der Waals surface area contributed by atoms with Gasteiger partial charge in [0.25, 0.3) is 0 Å². The molecule has 1 atom stereocenters. The Hall–Kier alpha value is -1.01. The first kappa shape index (κ1) is 12.4. The topological polar surface area (TPSA) is 0 Å². The molecule has 1 unspecified atom stereocenters. The lowest BCUT2D eigenvalue weighted by Crippen LogP contribution is -2.00. The molecule has 0 aliphatic heterocycles. The van der Waals surface area contributed by atoms with E-state index in [0.717, 1.165) is 6.42 Å². The van der Waals surface area contributed by atoms with Gasteiger partial charge >= 0.3 is 0 Å². The van der Waals surface area contributed by atoms with Gasteiger partial charge in [-0.1, -0.05) is 50.2 Å². The average Bonchev–Trinajstić information content (AvgIpc) is 2.27. The van der Waals surface area contributed by atoms with Crippen molar-refractivity contribution in [1.29, 1.82) is 0 Å². The first-order valence-corrected chi connectivity index (χ1v) is 6.65. The summed E-state index contributed by atoms with van der Waals surface area (Å²) in [5.41, 5.74) is 2.60. The summed E-state index contributed by atoms with van der Waals surface area (Å²) in [6.07, 6.45) is 1.02. The van der Waals surface area contributed by atoms with Crippen molar-refractivity contribution in [2.24, 2.45) is 5.92 Å². The van der Waals surface area contributed by atoms with Crippen LogP contribution in [0, 0.1) is 12.8 Å². The summed E-state index contributed by atoms with van der Waals surface area (Å²) in [5, 5.41) is 2.69. The van der Waals surface area contributed by atoms with Crippen LogP contribution in [0.2, 0.25) is 0 Å². The van der Waals surface area contributed by atoms with Gasteiger partial charge in [-0.05, 0) is 41.2 Å². The molecular weight excluding hydrogens is 228 g/mol. The second kappa shape index (κ2) is 5.10. The third-order valence-electron chi connectivity index (χ3n) is 3.18. The molecule has 0 saturated heterocycles. The molecule has 0 spiro atoms. The molecule has 0 radical (unpaired) electrons. The summed E-state index contributed by atoms with van der Waals surface area (Å²) in [7, 11) is 0. The number of alkyl halides is 1. The number of hydrogen-bond donors (Lipinski definition) is 0. The maximum absolute atomic E-state index is 6.59. The summed E-state index contributed by atoms with van der Waals surface area (Å²) in [4.78, 5) is 0. The van der Waals surface area contributed by atoms with Gasteiger partial charge in [-0.2, -0.15) is 0 Å². The molecule has 17 heavy (non-hydrogen) atoms. The van der Waals surface area contributed by atoms with E-state index >= 15 is 0 Å². The van der Waals surface area contributed by atoms with Crippen LogP contribution in [0.15, 0.2) is 36.4 Å². The molecular formula is C16H19Cl. The van der Waals surface area contributed by atoms with Crippen LogP contribution in [0.5, 0.6) is 0 Å². The Bertz CT molecular complexity index is 514. The SMILES string of the molecule is Cc1ccc2ccccc2c1C(Cl)CC(C)C. The minimum absolute atomic E-state index is 0.112. The Balaban J connectivity index is 2.54. The molecule has 0 aliphatic rings. The average molecular weight is 247 g/mol. The van der Waals surface area contributed by atoms with Crippen LogP contribution in [-0.4, -0.2) is 0 Å². The smallest absolute Gasteiger partial charge is 0.0596 e. The Morgan fingerprint density at radius 2 is 1.76 bits per heavy atom. The van der Waals surface area contributed by atoms with Crippen molar-refractivity contribution in [2.45, 2.75) is 32.6 Å². The van der Waals surface area contributed by atoms with E-state index in [1.807, 2.05) is 0 Å². The standard InChI is InChI=1S/C16H19Cl/c1-11(2)10-15(17)16-12(3)8-9-13-6-4-5-7-14(13)16/h4-9,11,15H,10H2,1-3H3. The Labute approximate surface area is 109 Å². The van der Waals surface area contributed by atoms with Crippen molar-refractivity contribution in [3.05, 3.63) is 47.5 Å². The van der Waals surface area contributed by atoms with Gasteiger partial charge in [0.15, 0.2) is 0 Å². The van der Waals surface area contributed by atoms with Crippen molar-refractivity contribution in [3.8, 4) is 0 Å². The van der Waals surface area contributed by atoms with Crippen LogP contribution in [0.1, 0.15) is 36.8 Å².